The van der Waals surface area contributed by atoms with Gasteiger partial charge in [0.2, 0.25) is 0 Å². The highest BCUT2D eigenvalue weighted by molar-refractivity contribution is 5.92. The van der Waals surface area contributed by atoms with Crippen molar-refractivity contribution in [1.29, 1.82) is 0 Å². The maximum absolute atomic E-state index is 13.0. The minimum Gasteiger partial charge on any atom is -0.496 e. The summed E-state index contributed by atoms with van der Waals surface area (Å²) in [7, 11) is 3.50. The van der Waals surface area contributed by atoms with E-state index in [1.165, 1.54) is 0 Å². The van der Waals surface area contributed by atoms with Gasteiger partial charge in [-0.2, -0.15) is 0 Å². The van der Waals surface area contributed by atoms with Gasteiger partial charge in [0.25, 0.3) is 5.91 Å². The van der Waals surface area contributed by atoms with Crippen molar-refractivity contribution >= 4 is 11.7 Å². The van der Waals surface area contributed by atoms with Crippen LogP contribution in [0.25, 0.3) is 0 Å². The molecule has 0 saturated carbocycles. The van der Waals surface area contributed by atoms with E-state index in [2.05, 4.69) is 25.4 Å². The Labute approximate surface area is 169 Å². The molecule has 1 fully saturated rings. The zero-order chi connectivity index (χ0) is 20.2. The number of para-hydroxylation sites is 1. The lowest BCUT2D eigenvalue weighted by atomic mass is 10.0. The molecule has 0 bridgehead atoms. The summed E-state index contributed by atoms with van der Waals surface area (Å²) in [4.78, 5) is 19.6. The predicted octanol–water partition coefficient (Wildman–Crippen LogP) is 2.34. The van der Waals surface area contributed by atoms with E-state index >= 15 is 0 Å². The second-order valence-corrected chi connectivity index (χ2v) is 7.02. The van der Waals surface area contributed by atoms with Gasteiger partial charge in [0.1, 0.15) is 17.6 Å². The van der Waals surface area contributed by atoms with Crippen molar-refractivity contribution in [1.82, 2.24) is 25.1 Å². The third kappa shape index (κ3) is 3.91. The summed E-state index contributed by atoms with van der Waals surface area (Å²) in [6.07, 6.45) is 5.87. The number of aryl methyl sites for hydroxylation is 1. The average molecular weight is 392 g/mol. The van der Waals surface area contributed by atoms with E-state index in [4.69, 9.17) is 4.74 Å². The summed E-state index contributed by atoms with van der Waals surface area (Å²) >= 11 is 0. The molecule has 1 unspecified atom stereocenters. The van der Waals surface area contributed by atoms with Crippen LogP contribution in [0.4, 0.5) is 5.82 Å². The van der Waals surface area contributed by atoms with Crippen LogP contribution in [0.1, 0.15) is 40.8 Å². The van der Waals surface area contributed by atoms with Crippen LogP contribution in [0.15, 0.2) is 48.8 Å². The molecule has 2 aromatic heterocycles. The molecule has 0 radical (unpaired) electrons. The Morgan fingerprint density at radius 3 is 2.59 bits per heavy atom. The van der Waals surface area contributed by atoms with Crippen LogP contribution in [0, 0.1) is 0 Å². The highest BCUT2D eigenvalue weighted by atomic mass is 16.5. The lowest BCUT2D eigenvalue weighted by molar-refractivity contribution is 0.0934. The molecule has 0 spiro atoms. The maximum atomic E-state index is 13.0. The lowest BCUT2D eigenvalue weighted by Crippen LogP contribution is -2.32. The number of carbonyl (C=O) groups is 1. The average Bonchev–Trinajstić information content (AvgIpc) is 3.44. The molecule has 29 heavy (non-hydrogen) atoms. The largest absolute Gasteiger partial charge is 0.496 e. The first-order valence-electron chi connectivity index (χ1n) is 9.67. The minimum absolute atomic E-state index is 0.266. The lowest BCUT2D eigenvalue weighted by Gasteiger charge is -2.21. The molecule has 150 valence electrons. The van der Waals surface area contributed by atoms with E-state index in [1.807, 2.05) is 48.1 Å². The van der Waals surface area contributed by atoms with Crippen molar-refractivity contribution < 1.29 is 9.53 Å². The topological polar surface area (TPSA) is 85.2 Å². The van der Waals surface area contributed by atoms with E-state index in [1.54, 1.807) is 19.4 Å². The van der Waals surface area contributed by atoms with Crippen LogP contribution in [0.3, 0.4) is 0 Å². The Hall–Kier alpha value is -3.42. The zero-order valence-corrected chi connectivity index (χ0v) is 16.6. The van der Waals surface area contributed by atoms with Gasteiger partial charge in [0.15, 0.2) is 11.5 Å². The maximum Gasteiger partial charge on any atom is 0.272 e. The van der Waals surface area contributed by atoms with Gasteiger partial charge in [0, 0.05) is 38.1 Å². The summed E-state index contributed by atoms with van der Waals surface area (Å²) < 4.78 is 7.38. The number of benzene rings is 1. The molecule has 3 aromatic rings. The molecule has 1 amide bonds. The summed E-state index contributed by atoms with van der Waals surface area (Å²) in [5.41, 5.74) is 1.08. The fraction of sp³-hybridized carbons (Fsp3) is 0.333. The molecular formula is C21H24N6O2. The molecule has 1 aliphatic rings. The summed E-state index contributed by atoms with van der Waals surface area (Å²) in [6, 6.07) is 10.7. The van der Waals surface area contributed by atoms with Crippen molar-refractivity contribution in [2.75, 3.05) is 25.1 Å². The van der Waals surface area contributed by atoms with E-state index in [9.17, 15) is 4.79 Å². The number of methoxy groups -OCH3 is 1. The van der Waals surface area contributed by atoms with Crippen molar-refractivity contribution in [2.24, 2.45) is 7.05 Å². The van der Waals surface area contributed by atoms with Crippen LogP contribution in [-0.4, -0.2) is 45.9 Å². The number of rotatable bonds is 6. The molecular weight excluding hydrogens is 368 g/mol. The quantitative estimate of drug-likeness (QED) is 0.693. The van der Waals surface area contributed by atoms with Crippen LogP contribution >= 0.6 is 0 Å². The summed E-state index contributed by atoms with van der Waals surface area (Å²) in [5.74, 6) is 1.87. The number of nitrogens with one attached hydrogen (secondary N) is 1. The number of aromatic nitrogens is 4. The SMILES string of the molecule is COc1ccccc1C(NC(=O)c1ccc(N2CCCC2)nn1)c1nccn1C. The minimum atomic E-state index is -0.487. The van der Waals surface area contributed by atoms with Crippen molar-refractivity contribution in [3.05, 3.63) is 65.9 Å². The first-order chi connectivity index (χ1) is 14.2. The number of hydrogen-bond acceptors (Lipinski definition) is 6. The second-order valence-electron chi connectivity index (χ2n) is 7.02. The van der Waals surface area contributed by atoms with Gasteiger partial charge in [-0.1, -0.05) is 18.2 Å². The molecule has 8 nitrogen and oxygen atoms in total. The highest BCUT2D eigenvalue weighted by Gasteiger charge is 2.25. The zero-order valence-electron chi connectivity index (χ0n) is 16.6. The molecule has 1 aliphatic heterocycles. The molecule has 3 heterocycles. The van der Waals surface area contributed by atoms with Crippen molar-refractivity contribution in [3.8, 4) is 5.75 Å². The fourth-order valence-corrected chi connectivity index (χ4v) is 3.61. The molecule has 4 rings (SSSR count). The predicted molar refractivity (Wildman–Crippen MR) is 109 cm³/mol. The molecule has 8 heteroatoms. The third-order valence-corrected chi connectivity index (χ3v) is 5.16. The van der Waals surface area contributed by atoms with Gasteiger partial charge in [-0.05, 0) is 31.0 Å². The molecule has 1 saturated heterocycles. The fourth-order valence-electron chi connectivity index (χ4n) is 3.61. The van der Waals surface area contributed by atoms with Crippen LogP contribution in [0.5, 0.6) is 5.75 Å². The van der Waals surface area contributed by atoms with E-state index in [-0.39, 0.29) is 11.6 Å². The molecule has 1 aromatic carbocycles. The number of carbonyl (C=O) groups excluding carboxylic acids is 1. The van der Waals surface area contributed by atoms with Gasteiger partial charge < -0.3 is 19.5 Å². The number of hydrogen-bond donors (Lipinski definition) is 1. The van der Waals surface area contributed by atoms with E-state index in [0.717, 1.165) is 37.3 Å². The van der Waals surface area contributed by atoms with Crippen molar-refractivity contribution in [2.45, 2.75) is 18.9 Å². The molecule has 0 aliphatic carbocycles. The number of anilines is 1. The molecule has 1 N–H and O–H groups in total. The number of amides is 1. The van der Waals surface area contributed by atoms with Crippen molar-refractivity contribution in [3.63, 3.8) is 0 Å². The Kier molecular flexibility index (Phi) is 5.41. The Morgan fingerprint density at radius 2 is 1.93 bits per heavy atom. The van der Waals surface area contributed by atoms with Gasteiger partial charge in [-0.3, -0.25) is 4.79 Å². The number of nitrogens with zero attached hydrogens (tertiary/aromatic N) is 5. The monoisotopic (exact) mass is 392 g/mol. The Bertz CT molecular complexity index is 979. The van der Waals surface area contributed by atoms with Gasteiger partial charge in [-0.15, -0.1) is 10.2 Å². The Morgan fingerprint density at radius 1 is 1.14 bits per heavy atom. The Balaban J connectivity index is 1.60. The number of imidazole rings is 1. The molecule has 1 atom stereocenters. The smallest absolute Gasteiger partial charge is 0.272 e. The number of ether oxygens (including phenoxy) is 1. The third-order valence-electron chi connectivity index (χ3n) is 5.16. The normalized spacial score (nSPS) is 14.6. The standard InChI is InChI=1S/C21H24N6O2/c1-26-14-11-22-20(26)19(15-7-3-4-8-17(15)29-2)23-21(28)16-9-10-18(25-24-16)27-12-5-6-13-27/h3-4,7-11,14,19H,5-6,12-13H2,1-2H3,(H,23,28). The van der Waals surface area contributed by atoms with E-state index < -0.39 is 6.04 Å². The highest BCUT2D eigenvalue weighted by Crippen LogP contribution is 2.29. The van der Waals surface area contributed by atoms with E-state index in [0.29, 0.717) is 11.6 Å². The summed E-state index contributed by atoms with van der Waals surface area (Å²) in [6.45, 7) is 1.96. The second kappa shape index (κ2) is 8.30. The summed E-state index contributed by atoms with van der Waals surface area (Å²) in [5, 5.41) is 11.4. The van der Waals surface area contributed by atoms with Crippen LogP contribution < -0.4 is 15.0 Å². The first kappa shape index (κ1) is 18.9. The van der Waals surface area contributed by atoms with Crippen LogP contribution in [0.2, 0.25) is 0 Å². The van der Waals surface area contributed by atoms with Crippen LogP contribution in [-0.2, 0) is 7.05 Å². The van der Waals surface area contributed by atoms with Gasteiger partial charge >= 0.3 is 0 Å². The van der Waals surface area contributed by atoms with Gasteiger partial charge in [-0.25, -0.2) is 4.98 Å². The van der Waals surface area contributed by atoms with Gasteiger partial charge in [0.05, 0.1) is 7.11 Å². The first-order valence-corrected chi connectivity index (χ1v) is 9.67.